The number of aromatic nitrogens is 2. The van der Waals surface area contributed by atoms with E-state index < -0.39 is 0 Å². The molecule has 0 unspecified atom stereocenters. The van der Waals surface area contributed by atoms with E-state index in [0.717, 1.165) is 25.7 Å². The molecule has 5 N–H and O–H groups in total. The van der Waals surface area contributed by atoms with Crippen molar-refractivity contribution >= 4 is 23.4 Å². The molecule has 1 aromatic heterocycles. The molecule has 0 radical (unpaired) electrons. The molecule has 0 bridgehead atoms. The van der Waals surface area contributed by atoms with Crippen LogP contribution in [-0.2, 0) is 0 Å². The molecule has 0 amide bonds. The monoisotopic (exact) mass is 285 g/mol. The van der Waals surface area contributed by atoms with Crippen LogP contribution in [0.5, 0.6) is 0 Å². The first kappa shape index (κ1) is 14.3. The highest BCUT2D eigenvalue weighted by atomic mass is 35.5. The van der Waals surface area contributed by atoms with Gasteiger partial charge in [-0.05, 0) is 31.6 Å². The molecule has 6 nitrogen and oxygen atoms in total. The summed E-state index contributed by atoms with van der Waals surface area (Å²) in [6, 6.07) is 0. The maximum absolute atomic E-state index is 9.72. The predicted molar refractivity (Wildman–Crippen MR) is 75.9 cm³/mol. The number of aliphatic hydroxyl groups is 1. The van der Waals surface area contributed by atoms with Crippen LogP contribution >= 0.6 is 11.6 Å². The molecule has 0 aliphatic heterocycles. The van der Waals surface area contributed by atoms with Crippen molar-refractivity contribution < 1.29 is 5.11 Å². The fraction of sp³-hybridized carbons (Fsp3) is 0.667. The van der Waals surface area contributed by atoms with Crippen LogP contribution in [0.25, 0.3) is 0 Å². The van der Waals surface area contributed by atoms with E-state index in [-0.39, 0.29) is 12.1 Å². The summed E-state index contributed by atoms with van der Waals surface area (Å²) in [6.07, 6.45) is 5.45. The van der Waals surface area contributed by atoms with Gasteiger partial charge < -0.3 is 10.4 Å². The van der Waals surface area contributed by atoms with Crippen LogP contribution in [-0.4, -0.2) is 27.2 Å². The molecular weight excluding hydrogens is 266 g/mol. The summed E-state index contributed by atoms with van der Waals surface area (Å²) in [5, 5.41) is 13.4. The third-order valence-corrected chi connectivity index (χ3v) is 4.07. The van der Waals surface area contributed by atoms with Crippen molar-refractivity contribution in [2.45, 2.75) is 38.1 Å². The normalized spacial score (nSPS) is 27.1. The van der Waals surface area contributed by atoms with Crippen molar-refractivity contribution in [1.29, 1.82) is 0 Å². The van der Waals surface area contributed by atoms with E-state index >= 15 is 0 Å². The molecular formula is C12H20ClN5O. The van der Waals surface area contributed by atoms with E-state index in [4.69, 9.17) is 17.4 Å². The van der Waals surface area contributed by atoms with Crippen molar-refractivity contribution in [3.63, 3.8) is 0 Å². The number of halogens is 1. The Balaban J connectivity index is 2.18. The summed E-state index contributed by atoms with van der Waals surface area (Å²) >= 11 is 6.08. The molecule has 0 saturated heterocycles. The lowest BCUT2D eigenvalue weighted by atomic mass is 9.77. The third-order valence-electron chi connectivity index (χ3n) is 3.79. The van der Waals surface area contributed by atoms with Crippen molar-refractivity contribution in [2.75, 3.05) is 17.3 Å². The number of anilines is 2. The average molecular weight is 286 g/mol. The SMILES string of the molecule is CC1CCC(CO)(Nc2nc(NN)ncc2Cl)CC1. The van der Waals surface area contributed by atoms with Crippen LogP contribution in [0.3, 0.4) is 0 Å². The van der Waals surface area contributed by atoms with Crippen molar-refractivity contribution in [3.05, 3.63) is 11.2 Å². The lowest BCUT2D eigenvalue weighted by Gasteiger charge is -2.39. The molecule has 0 spiro atoms. The number of rotatable bonds is 4. The predicted octanol–water partition coefficient (Wildman–Crippen LogP) is 1.77. The standard InChI is InChI=1S/C12H20ClN5O/c1-8-2-4-12(7-19,5-3-8)17-10-9(13)6-15-11(16-10)18-14/h6,8,19H,2-5,7,14H2,1H3,(H2,15,16,17,18). The Labute approximate surface area is 117 Å². The first-order valence-corrected chi connectivity index (χ1v) is 6.84. The Kier molecular flexibility index (Phi) is 4.44. The van der Waals surface area contributed by atoms with Crippen LogP contribution < -0.4 is 16.6 Å². The van der Waals surface area contributed by atoms with Crippen molar-refractivity contribution in [3.8, 4) is 0 Å². The lowest BCUT2D eigenvalue weighted by Crippen LogP contribution is -2.45. The summed E-state index contributed by atoms with van der Waals surface area (Å²) in [7, 11) is 0. The van der Waals surface area contributed by atoms with Gasteiger partial charge in [-0.3, -0.25) is 5.43 Å². The quantitative estimate of drug-likeness (QED) is 0.497. The number of nitrogens with two attached hydrogens (primary N) is 1. The first-order valence-electron chi connectivity index (χ1n) is 6.47. The minimum Gasteiger partial charge on any atom is -0.394 e. The molecule has 19 heavy (non-hydrogen) atoms. The Bertz CT molecular complexity index is 434. The summed E-state index contributed by atoms with van der Waals surface area (Å²) in [5.74, 6) is 6.79. The molecule has 1 aromatic rings. The van der Waals surface area contributed by atoms with E-state index in [1.165, 1.54) is 6.20 Å². The zero-order valence-electron chi connectivity index (χ0n) is 11.0. The molecule has 0 aromatic carbocycles. The van der Waals surface area contributed by atoms with E-state index in [9.17, 15) is 5.11 Å². The zero-order valence-corrected chi connectivity index (χ0v) is 11.7. The fourth-order valence-electron chi connectivity index (χ4n) is 2.41. The smallest absolute Gasteiger partial charge is 0.239 e. The number of nitrogen functional groups attached to an aromatic ring is 1. The minimum atomic E-state index is -0.351. The lowest BCUT2D eigenvalue weighted by molar-refractivity contribution is 0.155. The zero-order chi connectivity index (χ0) is 13.9. The molecule has 1 heterocycles. The summed E-state index contributed by atoms with van der Waals surface area (Å²) in [5.41, 5.74) is 2.04. The van der Waals surface area contributed by atoms with E-state index in [2.05, 4.69) is 27.6 Å². The van der Waals surface area contributed by atoms with Gasteiger partial charge in [0.25, 0.3) is 0 Å². The van der Waals surface area contributed by atoms with Crippen molar-refractivity contribution in [1.82, 2.24) is 9.97 Å². The number of aliphatic hydroxyl groups excluding tert-OH is 1. The molecule has 1 aliphatic rings. The number of nitrogens with zero attached hydrogens (tertiary/aromatic N) is 2. The van der Waals surface area contributed by atoms with Crippen LogP contribution in [0.1, 0.15) is 32.6 Å². The molecule has 1 aliphatic carbocycles. The highest BCUT2D eigenvalue weighted by molar-refractivity contribution is 6.32. The van der Waals surface area contributed by atoms with E-state index in [1.54, 1.807) is 0 Å². The fourth-order valence-corrected chi connectivity index (χ4v) is 2.55. The van der Waals surface area contributed by atoms with Crippen LogP contribution in [0, 0.1) is 5.92 Å². The molecule has 106 valence electrons. The van der Waals surface area contributed by atoms with Crippen LogP contribution in [0.2, 0.25) is 5.02 Å². The van der Waals surface area contributed by atoms with Crippen molar-refractivity contribution in [2.24, 2.45) is 11.8 Å². The second-order valence-corrected chi connectivity index (χ2v) is 5.69. The molecule has 0 atom stereocenters. The van der Waals surface area contributed by atoms with Gasteiger partial charge in [0.2, 0.25) is 5.95 Å². The molecule has 2 rings (SSSR count). The number of hydrogen-bond donors (Lipinski definition) is 4. The van der Waals surface area contributed by atoms with Gasteiger partial charge in [-0.1, -0.05) is 18.5 Å². The van der Waals surface area contributed by atoms with E-state index in [0.29, 0.717) is 22.7 Å². The number of hydrazine groups is 1. The average Bonchev–Trinajstić information content (AvgIpc) is 2.44. The van der Waals surface area contributed by atoms with Gasteiger partial charge >= 0.3 is 0 Å². The highest BCUT2D eigenvalue weighted by Crippen LogP contribution is 2.35. The Hall–Kier alpha value is -1.11. The molecule has 1 fully saturated rings. The van der Waals surface area contributed by atoms with Gasteiger partial charge in [-0.15, -0.1) is 0 Å². The minimum absolute atomic E-state index is 0.0610. The molecule has 7 heteroatoms. The molecule has 1 saturated carbocycles. The van der Waals surface area contributed by atoms with Gasteiger partial charge in [0, 0.05) is 0 Å². The van der Waals surface area contributed by atoms with Gasteiger partial charge in [-0.25, -0.2) is 10.8 Å². The Morgan fingerprint density at radius 3 is 2.79 bits per heavy atom. The Morgan fingerprint density at radius 2 is 2.21 bits per heavy atom. The summed E-state index contributed by atoms with van der Waals surface area (Å²) in [4.78, 5) is 8.12. The van der Waals surface area contributed by atoms with Gasteiger partial charge in [0.05, 0.1) is 18.3 Å². The van der Waals surface area contributed by atoms with Crippen LogP contribution in [0.15, 0.2) is 6.20 Å². The van der Waals surface area contributed by atoms with Gasteiger partial charge in [-0.2, -0.15) is 4.98 Å². The highest BCUT2D eigenvalue weighted by Gasteiger charge is 2.34. The van der Waals surface area contributed by atoms with Gasteiger partial charge in [0.15, 0.2) is 5.82 Å². The Morgan fingerprint density at radius 1 is 1.53 bits per heavy atom. The van der Waals surface area contributed by atoms with Gasteiger partial charge in [0.1, 0.15) is 5.02 Å². The third kappa shape index (κ3) is 3.26. The second kappa shape index (κ2) is 5.90. The maximum Gasteiger partial charge on any atom is 0.239 e. The summed E-state index contributed by atoms with van der Waals surface area (Å²) < 4.78 is 0. The van der Waals surface area contributed by atoms with Crippen LogP contribution in [0.4, 0.5) is 11.8 Å². The second-order valence-electron chi connectivity index (χ2n) is 5.28. The summed E-state index contributed by atoms with van der Waals surface area (Å²) in [6.45, 7) is 2.29. The number of hydrogen-bond acceptors (Lipinski definition) is 6. The number of nitrogens with one attached hydrogen (secondary N) is 2. The largest absolute Gasteiger partial charge is 0.394 e. The first-order chi connectivity index (χ1) is 9.08. The van der Waals surface area contributed by atoms with E-state index in [1.807, 2.05) is 0 Å². The maximum atomic E-state index is 9.72. The topological polar surface area (TPSA) is 96.1 Å².